The van der Waals surface area contributed by atoms with Crippen LogP contribution in [-0.2, 0) is 13.5 Å². The molecule has 1 aromatic rings. The molecule has 6 nitrogen and oxygen atoms in total. The first-order valence-corrected chi connectivity index (χ1v) is 4.82. The van der Waals surface area contributed by atoms with Gasteiger partial charge >= 0.3 is 0 Å². The molecule has 6 heteroatoms. The van der Waals surface area contributed by atoms with Crippen LogP contribution in [0.15, 0.2) is 4.79 Å². The molecular weight excluding hydrogens is 194 g/mol. The Morgan fingerprint density at radius 1 is 1.53 bits per heavy atom. The Morgan fingerprint density at radius 3 is 2.60 bits per heavy atom. The van der Waals surface area contributed by atoms with Crippen LogP contribution in [0.5, 0.6) is 0 Å². The van der Waals surface area contributed by atoms with E-state index in [2.05, 4.69) is 4.98 Å². The van der Waals surface area contributed by atoms with Crippen molar-refractivity contribution in [3.05, 3.63) is 16.0 Å². The van der Waals surface area contributed by atoms with E-state index in [9.17, 15) is 4.79 Å². The lowest BCUT2D eigenvalue weighted by atomic mass is 10.2. The van der Waals surface area contributed by atoms with Crippen molar-refractivity contribution in [1.82, 2.24) is 9.55 Å². The van der Waals surface area contributed by atoms with Crippen LogP contribution in [0, 0.1) is 0 Å². The summed E-state index contributed by atoms with van der Waals surface area (Å²) in [7, 11) is 3.20. The summed E-state index contributed by atoms with van der Waals surface area (Å²) >= 11 is 0. The molecule has 0 spiro atoms. The summed E-state index contributed by atoms with van der Waals surface area (Å²) in [4.78, 5) is 16.0. The zero-order chi connectivity index (χ0) is 11.6. The first kappa shape index (κ1) is 11.5. The minimum absolute atomic E-state index is 0.212. The van der Waals surface area contributed by atoms with Gasteiger partial charge in [-0.1, -0.05) is 13.3 Å². The molecule has 0 unspecified atom stereocenters. The van der Waals surface area contributed by atoms with Crippen LogP contribution < -0.4 is 22.1 Å². The van der Waals surface area contributed by atoms with Crippen LogP contribution in [0.3, 0.4) is 0 Å². The van der Waals surface area contributed by atoms with Crippen LogP contribution in [0.1, 0.15) is 19.0 Å². The molecule has 0 bridgehead atoms. The number of aromatic nitrogens is 2. The molecule has 4 N–H and O–H groups in total. The van der Waals surface area contributed by atoms with Crippen molar-refractivity contribution in [3.8, 4) is 0 Å². The zero-order valence-corrected chi connectivity index (χ0v) is 9.32. The zero-order valence-electron chi connectivity index (χ0n) is 9.32. The molecule has 1 rings (SSSR count). The first-order chi connectivity index (χ1) is 6.99. The Hall–Kier alpha value is -1.56. The number of rotatable bonds is 3. The van der Waals surface area contributed by atoms with E-state index in [0.29, 0.717) is 17.8 Å². The number of hydrogen-bond acceptors (Lipinski definition) is 5. The van der Waals surface area contributed by atoms with Crippen molar-refractivity contribution in [3.63, 3.8) is 0 Å². The molecule has 0 atom stereocenters. The second-order valence-corrected chi connectivity index (χ2v) is 3.49. The average molecular weight is 211 g/mol. The molecule has 84 valence electrons. The van der Waals surface area contributed by atoms with E-state index in [4.69, 9.17) is 11.6 Å². The lowest BCUT2D eigenvalue weighted by Crippen LogP contribution is -2.36. The molecule has 0 aliphatic carbocycles. The standard InChI is InChI=1S/C9H17N5O/c1-4-5-6-7(14(3)11)8(15)13(2)9(10)12-6/h4-5,11H2,1-3H3,(H2,10,12). The third-order valence-corrected chi connectivity index (χ3v) is 2.21. The lowest BCUT2D eigenvalue weighted by Gasteiger charge is -2.17. The third kappa shape index (κ3) is 2.10. The first-order valence-electron chi connectivity index (χ1n) is 4.82. The number of hydrogen-bond donors (Lipinski definition) is 2. The van der Waals surface area contributed by atoms with Gasteiger partial charge in [-0.25, -0.2) is 10.8 Å². The van der Waals surface area contributed by atoms with Crippen molar-refractivity contribution in [2.45, 2.75) is 19.8 Å². The summed E-state index contributed by atoms with van der Waals surface area (Å²) in [6.07, 6.45) is 1.58. The molecule has 0 amide bonds. The van der Waals surface area contributed by atoms with E-state index in [1.807, 2.05) is 6.92 Å². The number of aryl methyl sites for hydroxylation is 1. The van der Waals surface area contributed by atoms with Crippen LogP contribution in [0.25, 0.3) is 0 Å². The van der Waals surface area contributed by atoms with Gasteiger partial charge in [-0.3, -0.25) is 9.36 Å². The average Bonchev–Trinajstić information content (AvgIpc) is 2.14. The lowest BCUT2D eigenvalue weighted by molar-refractivity contribution is 0.782. The van der Waals surface area contributed by atoms with E-state index in [1.165, 1.54) is 9.58 Å². The van der Waals surface area contributed by atoms with E-state index >= 15 is 0 Å². The number of anilines is 2. The topological polar surface area (TPSA) is 90.2 Å². The molecule has 0 saturated heterocycles. The van der Waals surface area contributed by atoms with Crippen molar-refractivity contribution in [2.24, 2.45) is 12.9 Å². The van der Waals surface area contributed by atoms with Crippen LogP contribution in [0.4, 0.5) is 11.6 Å². The van der Waals surface area contributed by atoms with E-state index in [0.717, 1.165) is 6.42 Å². The van der Waals surface area contributed by atoms with Crippen LogP contribution >= 0.6 is 0 Å². The quantitative estimate of drug-likeness (QED) is 0.525. The highest BCUT2D eigenvalue weighted by Crippen LogP contribution is 2.13. The summed E-state index contributed by atoms with van der Waals surface area (Å²) in [5.74, 6) is 5.82. The SMILES string of the molecule is CCCc1nc(N)n(C)c(=O)c1N(C)N. The third-order valence-electron chi connectivity index (χ3n) is 2.21. The van der Waals surface area contributed by atoms with Gasteiger partial charge in [0.05, 0.1) is 5.69 Å². The Kier molecular flexibility index (Phi) is 3.31. The Morgan fingerprint density at radius 2 is 2.13 bits per heavy atom. The normalized spacial score (nSPS) is 10.4. The molecule has 0 aliphatic heterocycles. The van der Waals surface area contributed by atoms with E-state index in [1.54, 1.807) is 14.1 Å². The maximum absolute atomic E-state index is 11.8. The van der Waals surface area contributed by atoms with Crippen molar-refractivity contribution >= 4 is 11.6 Å². The predicted molar refractivity (Wildman–Crippen MR) is 60.5 cm³/mol. The summed E-state index contributed by atoms with van der Waals surface area (Å²) in [5.41, 5.74) is 6.47. The fraction of sp³-hybridized carbons (Fsp3) is 0.556. The molecule has 15 heavy (non-hydrogen) atoms. The fourth-order valence-corrected chi connectivity index (χ4v) is 1.42. The fourth-order valence-electron chi connectivity index (χ4n) is 1.42. The Labute approximate surface area is 88.5 Å². The van der Waals surface area contributed by atoms with Crippen molar-refractivity contribution in [1.29, 1.82) is 0 Å². The summed E-state index contributed by atoms with van der Waals surface area (Å²) < 4.78 is 1.29. The number of hydrazine groups is 1. The van der Waals surface area contributed by atoms with Gasteiger partial charge in [0.2, 0.25) is 5.95 Å². The summed E-state index contributed by atoms with van der Waals surface area (Å²) in [5, 5.41) is 1.29. The van der Waals surface area contributed by atoms with Crippen molar-refractivity contribution < 1.29 is 0 Å². The van der Waals surface area contributed by atoms with Gasteiger partial charge in [-0.2, -0.15) is 0 Å². The summed E-state index contributed by atoms with van der Waals surface area (Å²) in [6, 6.07) is 0. The molecule has 1 aromatic heterocycles. The highest BCUT2D eigenvalue weighted by molar-refractivity contribution is 5.49. The minimum Gasteiger partial charge on any atom is -0.369 e. The number of nitrogens with two attached hydrogens (primary N) is 2. The highest BCUT2D eigenvalue weighted by Gasteiger charge is 2.14. The molecule has 0 fully saturated rings. The monoisotopic (exact) mass is 211 g/mol. The smallest absolute Gasteiger partial charge is 0.279 e. The van der Waals surface area contributed by atoms with Gasteiger partial charge in [-0.05, 0) is 6.42 Å². The predicted octanol–water partition coefficient (Wildman–Crippen LogP) is -0.375. The Balaban J connectivity index is 3.44. The van der Waals surface area contributed by atoms with E-state index < -0.39 is 0 Å². The van der Waals surface area contributed by atoms with Gasteiger partial charge < -0.3 is 10.7 Å². The largest absolute Gasteiger partial charge is 0.369 e. The van der Waals surface area contributed by atoms with Crippen molar-refractivity contribution in [2.75, 3.05) is 17.8 Å². The van der Waals surface area contributed by atoms with E-state index in [-0.39, 0.29) is 11.5 Å². The second kappa shape index (κ2) is 4.31. The highest BCUT2D eigenvalue weighted by atomic mass is 16.1. The Bertz CT molecular complexity index is 410. The van der Waals surface area contributed by atoms with Crippen LogP contribution in [-0.4, -0.2) is 16.6 Å². The molecule has 1 heterocycles. The molecule has 0 aliphatic rings. The van der Waals surface area contributed by atoms with Gasteiger partial charge in [0.1, 0.15) is 5.69 Å². The van der Waals surface area contributed by atoms with Gasteiger partial charge in [0.25, 0.3) is 5.56 Å². The van der Waals surface area contributed by atoms with Crippen LogP contribution in [0.2, 0.25) is 0 Å². The number of nitrogens with zero attached hydrogens (tertiary/aromatic N) is 3. The maximum Gasteiger partial charge on any atom is 0.279 e. The van der Waals surface area contributed by atoms with Gasteiger partial charge in [0, 0.05) is 14.1 Å². The summed E-state index contributed by atoms with van der Waals surface area (Å²) in [6.45, 7) is 2.01. The second-order valence-electron chi connectivity index (χ2n) is 3.49. The maximum atomic E-state index is 11.8. The van der Waals surface area contributed by atoms with Gasteiger partial charge in [-0.15, -0.1) is 0 Å². The molecule has 0 saturated carbocycles. The molecular formula is C9H17N5O. The molecule has 0 aromatic carbocycles. The number of nitrogen functional groups attached to an aromatic ring is 1. The van der Waals surface area contributed by atoms with Gasteiger partial charge in [0.15, 0.2) is 0 Å². The molecule has 0 radical (unpaired) electrons. The minimum atomic E-state index is -0.212.